The minimum Gasteiger partial charge on any atom is -0.465 e. The smallest absolute Gasteiger partial charge is 0.407 e. The third-order valence-corrected chi connectivity index (χ3v) is 14.6. The second-order valence-corrected chi connectivity index (χ2v) is 20.7. The maximum Gasteiger partial charge on any atom is 0.407 e. The highest BCUT2D eigenvalue weighted by molar-refractivity contribution is 5.87. The zero-order valence-corrected chi connectivity index (χ0v) is 43.3. The summed E-state index contributed by atoms with van der Waals surface area (Å²) in [6.07, 6.45) is -10.5. The van der Waals surface area contributed by atoms with Crippen LogP contribution in [0.5, 0.6) is 0 Å². The van der Waals surface area contributed by atoms with Crippen molar-refractivity contribution < 1.29 is 78.4 Å². The molecule has 428 valence electrons. The van der Waals surface area contributed by atoms with Crippen molar-refractivity contribution >= 4 is 29.8 Å². The van der Waals surface area contributed by atoms with Gasteiger partial charge in [0.2, 0.25) is 5.91 Å². The Morgan fingerprint density at radius 1 is 0.810 bits per heavy atom. The number of aliphatic hydroxyl groups is 1. The summed E-state index contributed by atoms with van der Waals surface area (Å²) in [6, 6.07) is 7.78. The number of fused-ring (bicyclic) bond motifs is 2. The zero-order valence-electron chi connectivity index (χ0n) is 43.3. The molecule has 4 amide bonds. The van der Waals surface area contributed by atoms with Gasteiger partial charge in [-0.15, -0.1) is 0 Å². The number of nitrogens with zero attached hydrogens (tertiary/aromatic N) is 6. The van der Waals surface area contributed by atoms with Crippen LogP contribution in [0, 0.1) is 28.5 Å². The first-order valence-corrected chi connectivity index (χ1v) is 24.9. The topological polar surface area (TPSA) is 216 Å². The van der Waals surface area contributed by atoms with E-state index in [4.69, 9.17) is 4.74 Å². The standard InChI is InChI=1S/C52H59F9N10O8/c1-49(2,51(56,57)58)42(66-48(77)78-5)44(73)64-39(18-30-9-6-29(7-10-30)8-11-31-12-17-41(62-20-31)68-24-35-15-16-36(25-68)71(35)37-27-79-28-37)40(72)26-69(67-45(74)43(65-47(75)76)50(3,4)52(59,60)61)22-33-14-13-32(19-38(33)53)34-21-63-70(23-34)46(54)55/h6-7,9-10,12-14,17,19-21,23,35-37,39-40,42-43,46,65,72H,15-16,18,22,24-28H2,1-5H3,(H,64,73)(H,66,77)(H,67,74)(H,75,76). The number of methoxy groups -OCH3 is 1. The number of alkyl carbamates (subject to hydrolysis) is 1. The molecule has 6 atom stereocenters. The summed E-state index contributed by atoms with van der Waals surface area (Å²) in [4.78, 5) is 61.6. The van der Waals surface area contributed by atoms with Crippen molar-refractivity contribution in [3.63, 3.8) is 0 Å². The fourth-order valence-corrected chi connectivity index (χ4v) is 9.59. The predicted molar refractivity (Wildman–Crippen MR) is 265 cm³/mol. The lowest BCUT2D eigenvalue weighted by Gasteiger charge is -2.47. The second kappa shape index (κ2) is 24.1. The number of anilines is 1. The molecule has 2 bridgehead atoms. The van der Waals surface area contributed by atoms with Gasteiger partial charge in [-0.05, 0) is 88.4 Å². The molecule has 6 unspecified atom stereocenters. The molecule has 79 heavy (non-hydrogen) atoms. The van der Waals surface area contributed by atoms with Crippen molar-refractivity contribution in [1.29, 1.82) is 0 Å². The molecule has 18 nitrogen and oxygen atoms in total. The van der Waals surface area contributed by atoms with Crippen LogP contribution in [0.1, 0.15) is 69.3 Å². The minimum atomic E-state index is -5.22. The number of piperazine rings is 1. The largest absolute Gasteiger partial charge is 0.465 e. The fourth-order valence-electron chi connectivity index (χ4n) is 9.59. The maximum atomic E-state index is 16.0. The quantitative estimate of drug-likeness (QED) is 0.0342. The van der Waals surface area contributed by atoms with Crippen LogP contribution in [0.15, 0.2) is 73.2 Å². The molecule has 2 aromatic carbocycles. The molecule has 3 saturated heterocycles. The number of halogens is 9. The van der Waals surface area contributed by atoms with Gasteiger partial charge >= 0.3 is 31.1 Å². The summed E-state index contributed by atoms with van der Waals surface area (Å²) in [5.41, 5.74) is -2.88. The van der Waals surface area contributed by atoms with E-state index < -0.39 is 103 Å². The number of carboxylic acid groups (broad SMARTS) is 1. The highest BCUT2D eigenvalue weighted by Gasteiger charge is 2.57. The van der Waals surface area contributed by atoms with Gasteiger partial charge in [0.05, 0.1) is 55.5 Å². The summed E-state index contributed by atoms with van der Waals surface area (Å²) in [5.74, 6) is 2.67. The maximum absolute atomic E-state index is 16.0. The Bertz CT molecular complexity index is 2860. The van der Waals surface area contributed by atoms with Crippen molar-refractivity contribution in [3.05, 3.63) is 101 Å². The number of aliphatic hydroxyl groups excluding tert-OH is 1. The van der Waals surface area contributed by atoms with Crippen molar-refractivity contribution in [3.8, 4) is 23.0 Å². The van der Waals surface area contributed by atoms with Gasteiger partial charge in [-0.2, -0.15) is 40.2 Å². The number of hydrazine groups is 1. The molecule has 2 aromatic heterocycles. The molecule has 3 aliphatic rings. The van der Waals surface area contributed by atoms with Crippen LogP contribution >= 0.6 is 0 Å². The number of carbonyl (C=O) groups is 4. The van der Waals surface area contributed by atoms with Gasteiger partial charge in [0.25, 0.3) is 5.91 Å². The summed E-state index contributed by atoms with van der Waals surface area (Å²) in [7, 11) is 0.837. The number of rotatable bonds is 19. The average molecular weight is 1120 g/mol. The number of aromatic nitrogens is 3. The van der Waals surface area contributed by atoms with Crippen LogP contribution in [0.25, 0.3) is 11.1 Å². The monoisotopic (exact) mass is 1120 g/mol. The Balaban J connectivity index is 1.16. The molecule has 0 spiro atoms. The van der Waals surface area contributed by atoms with E-state index >= 15 is 4.39 Å². The van der Waals surface area contributed by atoms with E-state index in [1.54, 1.807) is 18.3 Å². The van der Waals surface area contributed by atoms with Gasteiger partial charge in [0.15, 0.2) is 0 Å². The number of hydrogen-bond donors (Lipinski definition) is 6. The lowest BCUT2D eigenvalue weighted by molar-refractivity contribution is -0.221. The molecule has 4 aromatic rings. The van der Waals surface area contributed by atoms with Gasteiger partial charge in [0.1, 0.15) is 23.7 Å². The van der Waals surface area contributed by atoms with Gasteiger partial charge < -0.3 is 40.5 Å². The molecular formula is C52H59F9N10O8. The molecule has 3 aliphatic heterocycles. The van der Waals surface area contributed by atoms with Crippen LogP contribution in [0.4, 0.5) is 54.9 Å². The fraction of sp³-hybridized carbons (Fsp3) is 0.500. The number of carbonyl (C=O) groups excluding carboxylic acids is 3. The Morgan fingerprint density at radius 3 is 1.94 bits per heavy atom. The molecule has 0 saturated carbocycles. The molecule has 6 N–H and O–H groups in total. The number of nitrogens with one attached hydrogen (secondary N) is 4. The molecule has 3 fully saturated rings. The highest BCUT2D eigenvalue weighted by atomic mass is 19.4. The SMILES string of the molecule is COC(=O)NC(C(=O)NC(Cc1ccc(C#Cc2ccc(N3CC4CCC(C3)N4C3COC3)nc2)cc1)C(O)CN(Cc1ccc(-c2cnn(C(F)F)c2)cc1F)NC(=O)C(NC(=O)O)C(C)(C)C(F)(F)F)C(C)(C)C(F)(F)F. The predicted octanol–water partition coefficient (Wildman–Crippen LogP) is 6.39. The average Bonchev–Trinajstić information content (AvgIpc) is 4.10. The van der Waals surface area contributed by atoms with Gasteiger partial charge in [-0.3, -0.25) is 19.9 Å². The molecule has 7 rings (SSSR count). The highest BCUT2D eigenvalue weighted by Crippen LogP contribution is 2.42. The van der Waals surface area contributed by atoms with Crippen LogP contribution in [-0.4, -0.2) is 154 Å². The van der Waals surface area contributed by atoms with Crippen LogP contribution in [0.2, 0.25) is 0 Å². The number of hydrogen-bond acceptors (Lipinski definition) is 12. The van der Waals surface area contributed by atoms with Crippen molar-refractivity contribution in [2.45, 2.75) is 115 Å². The lowest BCUT2D eigenvalue weighted by atomic mass is 9.82. The number of alkyl halides is 8. The third kappa shape index (κ3) is 14.0. The van der Waals surface area contributed by atoms with Crippen LogP contribution in [0.3, 0.4) is 0 Å². The summed E-state index contributed by atoms with van der Waals surface area (Å²) in [5, 5.41) is 31.5. The first-order valence-electron chi connectivity index (χ1n) is 24.9. The molecule has 27 heteroatoms. The Kier molecular flexibility index (Phi) is 18.1. The second-order valence-electron chi connectivity index (χ2n) is 20.7. The first kappa shape index (κ1) is 59.5. The van der Waals surface area contributed by atoms with Crippen molar-refractivity contribution in [2.75, 3.05) is 44.9 Å². The van der Waals surface area contributed by atoms with E-state index in [1.807, 2.05) is 17.4 Å². The zero-order chi connectivity index (χ0) is 57.8. The van der Waals surface area contributed by atoms with Crippen LogP contribution < -0.4 is 26.3 Å². The molecule has 5 heterocycles. The Morgan fingerprint density at radius 2 is 1.42 bits per heavy atom. The summed E-state index contributed by atoms with van der Waals surface area (Å²) < 4.78 is 139. The van der Waals surface area contributed by atoms with E-state index in [2.05, 4.69) is 47.2 Å². The van der Waals surface area contributed by atoms with Crippen LogP contribution in [-0.2, 0) is 32.0 Å². The third-order valence-electron chi connectivity index (χ3n) is 14.6. The van der Waals surface area contributed by atoms with E-state index in [-0.39, 0.29) is 16.7 Å². The van der Waals surface area contributed by atoms with E-state index in [1.165, 1.54) is 23.5 Å². The molecule has 0 aliphatic carbocycles. The first-order chi connectivity index (χ1) is 37.1. The molecular weight excluding hydrogens is 1060 g/mol. The van der Waals surface area contributed by atoms with Crippen molar-refractivity contribution in [2.24, 2.45) is 10.8 Å². The van der Waals surface area contributed by atoms with Gasteiger partial charge in [0, 0.05) is 72.9 Å². The number of ether oxygens (including phenoxy) is 2. The summed E-state index contributed by atoms with van der Waals surface area (Å²) in [6.45, 7) is 0.662. The Hall–Kier alpha value is -7.15. The van der Waals surface area contributed by atoms with E-state index in [0.29, 0.717) is 72.2 Å². The van der Waals surface area contributed by atoms with Gasteiger partial charge in [-0.1, -0.05) is 36.1 Å². The Labute approximate surface area is 447 Å². The van der Waals surface area contributed by atoms with E-state index in [9.17, 15) is 64.5 Å². The van der Waals surface area contributed by atoms with E-state index in [0.717, 1.165) is 76.6 Å². The number of pyridine rings is 1. The number of amides is 4. The lowest BCUT2D eigenvalue weighted by Crippen LogP contribution is -2.63. The molecule has 0 radical (unpaired) electrons. The number of benzene rings is 2. The normalized spacial score (nSPS) is 18.7. The summed E-state index contributed by atoms with van der Waals surface area (Å²) >= 11 is 0. The van der Waals surface area contributed by atoms with Gasteiger partial charge in [-0.25, -0.2) is 28.7 Å². The minimum absolute atomic E-state index is 0.0377. The van der Waals surface area contributed by atoms with Crippen molar-refractivity contribution in [1.82, 2.24) is 46.0 Å².